The molecule has 1 fully saturated rings. The molecule has 1 aliphatic carbocycles. The van der Waals surface area contributed by atoms with E-state index in [4.69, 9.17) is 10.2 Å². The number of aromatic nitrogens is 2. The number of rotatable bonds is 4. The zero-order chi connectivity index (χ0) is 20.5. The molecule has 0 radical (unpaired) electrons. The van der Waals surface area contributed by atoms with Crippen LogP contribution in [0.5, 0.6) is 0 Å². The van der Waals surface area contributed by atoms with Crippen LogP contribution in [0, 0.1) is 5.92 Å². The number of anilines is 1. The average Bonchev–Trinajstić information content (AvgIpc) is 3.11. The number of hydrogen-bond donors (Lipinski definition) is 2. The number of furan rings is 1. The maximum atomic E-state index is 13.0. The van der Waals surface area contributed by atoms with E-state index in [9.17, 15) is 4.79 Å². The number of nitrogens with two attached hydrogens (primary N) is 1. The van der Waals surface area contributed by atoms with Gasteiger partial charge >= 0.3 is 0 Å². The predicted octanol–water partition coefficient (Wildman–Crippen LogP) is 4.83. The molecule has 1 saturated carbocycles. The van der Waals surface area contributed by atoms with Gasteiger partial charge in [0.25, 0.3) is 5.91 Å². The molecular formula is C23H28N4O2. The van der Waals surface area contributed by atoms with Gasteiger partial charge in [-0.3, -0.25) is 9.78 Å². The van der Waals surface area contributed by atoms with Crippen LogP contribution in [-0.2, 0) is 0 Å². The highest BCUT2D eigenvalue weighted by Gasteiger charge is 2.27. The second kappa shape index (κ2) is 7.95. The van der Waals surface area contributed by atoms with Crippen LogP contribution in [0.25, 0.3) is 11.1 Å². The summed E-state index contributed by atoms with van der Waals surface area (Å²) in [5.74, 6) is 0.915. The number of nitrogens with one attached hydrogen (secondary N) is 1. The lowest BCUT2D eigenvalue weighted by Crippen LogP contribution is -2.31. The van der Waals surface area contributed by atoms with Gasteiger partial charge < -0.3 is 15.5 Å². The predicted molar refractivity (Wildman–Crippen MR) is 114 cm³/mol. The lowest BCUT2D eigenvalue weighted by Gasteiger charge is -2.32. The van der Waals surface area contributed by atoms with Gasteiger partial charge in [0.05, 0.1) is 18.1 Å². The fourth-order valence-corrected chi connectivity index (χ4v) is 4.43. The molecule has 0 aliphatic heterocycles. The summed E-state index contributed by atoms with van der Waals surface area (Å²) < 4.78 is 5.57. The number of hydrogen-bond acceptors (Lipinski definition) is 5. The molecule has 4 rings (SSSR count). The standard InChI is InChI=1S/C23H28N4O2/c1-13(2)18-12-29-21-5-4-19(26-22(18)21)23(28)27-20-11-25-7-6-17(20)15-8-14(3)9-16(24)10-15/h4-7,11-16H,8-10,24H2,1-3H3,(H,27,28)/t14-,15?,16?/m1/s1. The third-order valence-corrected chi connectivity index (χ3v) is 5.82. The number of amides is 1. The van der Waals surface area contributed by atoms with Crippen LogP contribution in [0.4, 0.5) is 5.69 Å². The fraction of sp³-hybridized carbons (Fsp3) is 0.435. The van der Waals surface area contributed by atoms with Gasteiger partial charge in [-0.05, 0) is 60.8 Å². The minimum Gasteiger partial charge on any atom is -0.462 e. The SMILES string of the molecule is CC(C)c1coc2ccc(C(=O)Nc3cnccc3C3CC(N)C[C@H](C)C3)nc12. The summed E-state index contributed by atoms with van der Waals surface area (Å²) in [6.45, 7) is 6.40. The third-order valence-electron chi connectivity index (χ3n) is 5.82. The van der Waals surface area contributed by atoms with E-state index in [2.05, 4.69) is 36.1 Å². The molecule has 0 aromatic carbocycles. The van der Waals surface area contributed by atoms with Crippen molar-refractivity contribution in [3.05, 3.63) is 53.7 Å². The highest BCUT2D eigenvalue weighted by Crippen LogP contribution is 2.38. The maximum absolute atomic E-state index is 13.0. The number of carbonyl (C=O) groups is 1. The summed E-state index contributed by atoms with van der Waals surface area (Å²) in [4.78, 5) is 21.8. The maximum Gasteiger partial charge on any atom is 0.274 e. The van der Waals surface area contributed by atoms with Crippen molar-refractivity contribution in [1.82, 2.24) is 9.97 Å². The first-order valence-electron chi connectivity index (χ1n) is 10.3. The van der Waals surface area contributed by atoms with Crippen molar-refractivity contribution >= 4 is 22.7 Å². The minimum atomic E-state index is -0.245. The van der Waals surface area contributed by atoms with Crippen LogP contribution in [0.2, 0.25) is 0 Å². The van der Waals surface area contributed by atoms with Gasteiger partial charge in [0, 0.05) is 17.8 Å². The quantitative estimate of drug-likeness (QED) is 0.663. The van der Waals surface area contributed by atoms with Crippen molar-refractivity contribution in [2.45, 2.75) is 57.9 Å². The largest absolute Gasteiger partial charge is 0.462 e. The molecule has 2 unspecified atom stereocenters. The van der Waals surface area contributed by atoms with Gasteiger partial charge in [0.2, 0.25) is 0 Å². The molecule has 3 atom stereocenters. The van der Waals surface area contributed by atoms with Crippen LogP contribution >= 0.6 is 0 Å². The Morgan fingerprint density at radius 2 is 2.07 bits per heavy atom. The Labute approximate surface area is 170 Å². The van der Waals surface area contributed by atoms with Crippen LogP contribution in [0.3, 0.4) is 0 Å². The van der Waals surface area contributed by atoms with Gasteiger partial charge in [0.1, 0.15) is 11.2 Å². The lowest BCUT2D eigenvalue weighted by atomic mass is 9.76. The molecule has 0 saturated heterocycles. The van der Waals surface area contributed by atoms with Crippen LogP contribution in [-0.4, -0.2) is 21.9 Å². The number of fused-ring (bicyclic) bond motifs is 1. The molecule has 3 heterocycles. The second-order valence-corrected chi connectivity index (χ2v) is 8.58. The van der Waals surface area contributed by atoms with E-state index in [-0.39, 0.29) is 17.9 Å². The molecule has 6 nitrogen and oxygen atoms in total. The number of carbonyl (C=O) groups excluding carboxylic acids is 1. The molecule has 152 valence electrons. The van der Waals surface area contributed by atoms with E-state index in [1.165, 1.54) is 0 Å². The molecule has 3 N–H and O–H groups in total. The Kier molecular flexibility index (Phi) is 5.37. The summed E-state index contributed by atoms with van der Waals surface area (Å²) in [7, 11) is 0. The van der Waals surface area contributed by atoms with Gasteiger partial charge in [-0.25, -0.2) is 4.98 Å². The van der Waals surface area contributed by atoms with E-state index >= 15 is 0 Å². The molecule has 0 spiro atoms. The van der Waals surface area contributed by atoms with E-state index < -0.39 is 0 Å². The Morgan fingerprint density at radius 3 is 2.83 bits per heavy atom. The highest BCUT2D eigenvalue weighted by molar-refractivity contribution is 6.04. The highest BCUT2D eigenvalue weighted by atomic mass is 16.3. The van der Waals surface area contributed by atoms with Crippen molar-refractivity contribution in [3.63, 3.8) is 0 Å². The van der Waals surface area contributed by atoms with Gasteiger partial charge in [0.15, 0.2) is 5.58 Å². The van der Waals surface area contributed by atoms with Gasteiger partial charge in [-0.1, -0.05) is 20.8 Å². The summed E-state index contributed by atoms with van der Waals surface area (Å²) in [6.07, 6.45) is 8.26. The molecule has 29 heavy (non-hydrogen) atoms. The van der Waals surface area contributed by atoms with Crippen LogP contribution < -0.4 is 11.1 Å². The van der Waals surface area contributed by atoms with Crippen molar-refractivity contribution in [2.75, 3.05) is 5.32 Å². The summed E-state index contributed by atoms with van der Waals surface area (Å²) in [6, 6.07) is 5.68. The third kappa shape index (κ3) is 4.03. The van der Waals surface area contributed by atoms with Crippen LogP contribution in [0.1, 0.15) is 73.5 Å². The summed E-state index contributed by atoms with van der Waals surface area (Å²) in [5.41, 5.74) is 10.9. The number of nitrogens with zero attached hydrogens (tertiary/aromatic N) is 2. The molecule has 0 bridgehead atoms. The van der Waals surface area contributed by atoms with Gasteiger partial charge in [-0.15, -0.1) is 0 Å². The average molecular weight is 393 g/mol. The first-order chi connectivity index (χ1) is 13.9. The first kappa shape index (κ1) is 19.6. The molecule has 1 amide bonds. The van der Waals surface area contributed by atoms with E-state index in [0.717, 1.165) is 41.6 Å². The zero-order valence-corrected chi connectivity index (χ0v) is 17.2. The lowest BCUT2D eigenvalue weighted by molar-refractivity contribution is 0.102. The smallest absolute Gasteiger partial charge is 0.274 e. The van der Waals surface area contributed by atoms with Crippen LogP contribution in [0.15, 0.2) is 41.3 Å². The molecule has 3 aromatic rings. The summed E-state index contributed by atoms with van der Waals surface area (Å²) in [5, 5.41) is 3.02. The Hall–Kier alpha value is -2.73. The minimum absolute atomic E-state index is 0.195. The molecule has 6 heteroatoms. The Balaban J connectivity index is 1.61. The van der Waals surface area contributed by atoms with E-state index in [0.29, 0.717) is 23.1 Å². The second-order valence-electron chi connectivity index (χ2n) is 8.58. The normalized spacial score (nSPS) is 22.2. The first-order valence-corrected chi connectivity index (χ1v) is 10.3. The van der Waals surface area contributed by atoms with Crippen molar-refractivity contribution in [2.24, 2.45) is 11.7 Å². The summed E-state index contributed by atoms with van der Waals surface area (Å²) >= 11 is 0. The monoisotopic (exact) mass is 392 g/mol. The molecular weight excluding hydrogens is 364 g/mol. The Bertz CT molecular complexity index is 1020. The molecule has 1 aliphatic rings. The molecule has 3 aromatic heterocycles. The number of pyridine rings is 2. The van der Waals surface area contributed by atoms with E-state index in [1.54, 1.807) is 30.8 Å². The van der Waals surface area contributed by atoms with Crippen molar-refractivity contribution in [3.8, 4) is 0 Å². The zero-order valence-electron chi connectivity index (χ0n) is 17.2. The Morgan fingerprint density at radius 1 is 1.24 bits per heavy atom. The van der Waals surface area contributed by atoms with Crippen molar-refractivity contribution in [1.29, 1.82) is 0 Å². The van der Waals surface area contributed by atoms with E-state index in [1.807, 2.05) is 6.07 Å². The van der Waals surface area contributed by atoms with Gasteiger partial charge in [-0.2, -0.15) is 0 Å². The fourth-order valence-electron chi connectivity index (χ4n) is 4.43. The van der Waals surface area contributed by atoms with Crippen molar-refractivity contribution < 1.29 is 9.21 Å². The topological polar surface area (TPSA) is 94.0 Å².